The lowest BCUT2D eigenvalue weighted by Crippen LogP contribution is -2.17. The van der Waals surface area contributed by atoms with Gasteiger partial charge in [0.2, 0.25) is 11.9 Å². The van der Waals surface area contributed by atoms with Crippen LogP contribution in [0.1, 0.15) is 10.4 Å². The number of hydrogen-bond donors (Lipinski definition) is 1. The van der Waals surface area contributed by atoms with Gasteiger partial charge in [-0.3, -0.25) is 4.79 Å². The van der Waals surface area contributed by atoms with Gasteiger partial charge >= 0.3 is 0 Å². The Hall–Kier alpha value is -2.44. The van der Waals surface area contributed by atoms with Gasteiger partial charge in [-0.15, -0.1) is 0 Å². The summed E-state index contributed by atoms with van der Waals surface area (Å²) in [6.45, 7) is 0. The number of nitrogens with zero attached hydrogens (tertiary/aromatic N) is 1. The number of carbonyl (C=O) groups is 1. The molecule has 0 aliphatic rings. The van der Waals surface area contributed by atoms with E-state index in [1.165, 1.54) is 0 Å². The molecule has 2 rings (SSSR count). The van der Waals surface area contributed by atoms with Gasteiger partial charge in [0.15, 0.2) is 0 Å². The maximum atomic E-state index is 13.3. The van der Waals surface area contributed by atoms with Crippen LogP contribution >= 0.6 is 0 Å². The van der Waals surface area contributed by atoms with Crippen molar-refractivity contribution in [3.8, 4) is 0 Å². The van der Waals surface area contributed by atoms with Crippen molar-refractivity contribution in [3.05, 3.63) is 59.4 Å². The molecule has 0 radical (unpaired) electrons. The quantitative estimate of drug-likeness (QED) is 0.673. The first-order valence-corrected chi connectivity index (χ1v) is 5.06. The van der Waals surface area contributed by atoms with Crippen LogP contribution in [0.2, 0.25) is 0 Å². The summed E-state index contributed by atoms with van der Waals surface area (Å²) < 4.78 is 52.3. The molecule has 19 heavy (non-hydrogen) atoms. The van der Waals surface area contributed by atoms with E-state index < -0.39 is 40.7 Å². The van der Waals surface area contributed by atoms with Gasteiger partial charge in [-0.25, -0.2) is 8.78 Å². The topological polar surface area (TPSA) is 42.0 Å². The molecule has 2 aromatic rings. The Bertz CT molecular complexity index is 625. The summed E-state index contributed by atoms with van der Waals surface area (Å²) in [7, 11) is 0. The highest BCUT2D eigenvalue weighted by molar-refractivity contribution is 6.04. The van der Waals surface area contributed by atoms with Crippen molar-refractivity contribution in [2.45, 2.75) is 0 Å². The lowest BCUT2D eigenvalue weighted by atomic mass is 10.2. The monoisotopic (exact) mass is 270 g/mol. The molecule has 3 nitrogen and oxygen atoms in total. The van der Waals surface area contributed by atoms with Crippen molar-refractivity contribution >= 4 is 11.6 Å². The molecule has 0 fully saturated rings. The zero-order valence-electron chi connectivity index (χ0n) is 9.25. The maximum Gasteiger partial charge on any atom is 0.261 e. The molecule has 1 aromatic carbocycles. The second-order valence-corrected chi connectivity index (χ2v) is 3.52. The Morgan fingerprint density at radius 3 is 2.21 bits per heavy atom. The maximum absolute atomic E-state index is 13.3. The number of hydrogen-bond acceptors (Lipinski definition) is 2. The predicted octanol–water partition coefficient (Wildman–Crippen LogP) is 2.89. The fraction of sp³-hybridized carbons (Fsp3) is 0. The number of halogens is 4. The van der Waals surface area contributed by atoms with Crippen molar-refractivity contribution in [1.82, 2.24) is 4.98 Å². The van der Waals surface area contributed by atoms with Gasteiger partial charge in [0.05, 0.1) is 5.69 Å². The number of aromatic nitrogens is 1. The highest BCUT2D eigenvalue weighted by Crippen LogP contribution is 2.17. The lowest BCUT2D eigenvalue weighted by Gasteiger charge is -2.07. The van der Waals surface area contributed by atoms with Gasteiger partial charge < -0.3 is 5.32 Å². The van der Waals surface area contributed by atoms with Crippen LogP contribution in [0, 0.1) is 23.5 Å². The first-order valence-electron chi connectivity index (χ1n) is 5.06. The first kappa shape index (κ1) is 13.0. The van der Waals surface area contributed by atoms with E-state index in [1.54, 1.807) is 0 Å². The van der Waals surface area contributed by atoms with E-state index in [0.717, 1.165) is 30.3 Å². The number of rotatable bonds is 2. The normalized spacial score (nSPS) is 10.3. The minimum Gasteiger partial charge on any atom is -0.318 e. The average Bonchev–Trinajstić information content (AvgIpc) is 2.32. The Morgan fingerprint density at radius 1 is 1.00 bits per heavy atom. The van der Waals surface area contributed by atoms with Crippen LogP contribution in [0.5, 0.6) is 0 Å². The lowest BCUT2D eigenvalue weighted by molar-refractivity contribution is 0.101. The van der Waals surface area contributed by atoms with E-state index in [9.17, 15) is 22.4 Å². The van der Waals surface area contributed by atoms with E-state index >= 15 is 0 Å². The number of benzene rings is 1. The molecule has 0 spiro atoms. The molecular formula is C12H6F4N2O. The minimum absolute atomic E-state index is 0.478. The highest BCUT2D eigenvalue weighted by Gasteiger charge is 2.18. The summed E-state index contributed by atoms with van der Waals surface area (Å²) >= 11 is 0. The molecule has 0 atom stereocenters. The summed E-state index contributed by atoms with van der Waals surface area (Å²) in [6, 6.07) is 4.56. The van der Waals surface area contributed by atoms with E-state index in [2.05, 4.69) is 4.98 Å². The van der Waals surface area contributed by atoms with Crippen molar-refractivity contribution in [1.29, 1.82) is 0 Å². The van der Waals surface area contributed by atoms with Crippen LogP contribution in [-0.2, 0) is 0 Å². The summed E-state index contributed by atoms with van der Waals surface area (Å²) in [5, 5.41) is 1.91. The van der Waals surface area contributed by atoms with Gasteiger partial charge in [-0.05, 0) is 24.3 Å². The molecule has 1 amide bonds. The van der Waals surface area contributed by atoms with E-state index in [4.69, 9.17) is 0 Å². The van der Waals surface area contributed by atoms with E-state index in [1.807, 2.05) is 5.32 Å². The van der Waals surface area contributed by atoms with Crippen LogP contribution in [0.4, 0.5) is 23.2 Å². The molecule has 1 heterocycles. The van der Waals surface area contributed by atoms with E-state index in [0.29, 0.717) is 0 Å². The third kappa shape index (κ3) is 2.70. The second kappa shape index (κ2) is 5.05. The third-order valence-electron chi connectivity index (χ3n) is 2.25. The molecule has 1 N–H and O–H groups in total. The Kier molecular flexibility index (Phi) is 3.46. The Balaban J connectivity index is 2.31. The molecular weight excluding hydrogens is 264 g/mol. The molecule has 0 bridgehead atoms. The largest absolute Gasteiger partial charge is 0.318 e. The van der Waals surface area contributed by atoms with Crippen molar-refractivity contribution in [3.63, 3.8) is 0 Å². The molecule has 98 valence electrons. The van der Waals surface area contributed by atoms with Crippen LogP contribution in [0.3, 0.4) is 0 Å². The number of carbonyl (C=O) groups excluding carboxylic acids is 1. The van der Waals surface area contributed by atoms with Crippen LogP contribution in [0.15, 0.2) is 30.3 Å². The van der Waals surface area contributed by atoms with Gasteiger partial charge in [-0.2, -0.15) is 13.8 Å². The van der Waals surface area contributed by atoms with Crippen molar-refractivity contribution in [2.75, 3.05) is 5.32 Å². The smallest absolute Gasteiger partial charge is 0.261 e. The molecule has 7 heteroatoms. The van der Waals surface area contributed by atoms with Crippen LogP contribution in [-0.4, -0.2) is 10.9 Å². The standard InChI is InChI=1S/C12H6F4N2O/c13-6-2-1-3-7(14)10(6)12(19)17-8-4-5-9(15)18-11(8)16/h1-5H,(H,17,19). The Labute approximate surface area is 104 Å². The Morgan fingerprint density at radius 2 is 1.63 bits per heavy atom. The number of anilines is 1. The third-order valence-corrected chi connectivity index (χ3v) is 2.25. The van der Waals surface area contributed by atoms with E-state index in [-0.39, 0.29) is 0 Å². The highest BCUT2D eigenvalue weighted by atomic mass is 19.1. The van der Waals surface area contributed by atoms with Gasteiger partial charge in [0.25, 0.3) is 5.91 Å². The van der Waals surface area contributed by atoms with Crippen molar-refractivity contribution < 1.29 is 22.4 Å². The molecule has 0 saturated carbocycles. The molecule has 0 aliphatic heterocycles. The van der Waals surface area contributed by atoms with Crippen LogP contribution < -0.4 is 5.32 Å². The van der Waals surface area contributed by atoms with Crippen LogP contribution in [0.25, 0.3) is 0 Å². The minimum atomic E-state index is -1.29. The van der Waals surface area contributed by atoms with Gasteiger partial charge in [0.1, 0.15) is 17.2 Å². The fourth-order valence-electron chi connectivity index (χ4n) is 1.40. The second-order valence-electron chi connectivity index (χ2n) is 3.52. The average molecular weight is 270 g/mol. The number of pyridine rings is 1. The SMILES string of the molecule is O=C(Nc1ccc(F)nc1F)c1c(F)cccc1F. The summed E-state index contributed by atoms with van der Waals surface area (Å²) in [5.74, 6) is -5.73. The molecule has 0 saturated heterocycles. The number of amides is 1. The van der Waals surface area contributed by atoms with Gasteiger partial charge in [0, 0.05) is 0 Å². The van der Waals surface area contributed by atoms with Crippen molar-refractivity contribution in [2.24, 2.45) is 0 Å². The predicted molar refractivity (Wildman–Crippen MR) is 58.5 cm³/mol. The molecule has 1 aromatic heterocycles. The molecule has 0 aliphatic carbocycles. The molecule has 0 unspecified atom stereocenters. The zero-order valence-corrected chi connectivity index (χ0v) is 9.25. The summed E-state index contributed by atoms with van der Waals surface area (Å²) in [5.41, 5.74) is -1.33. The summed E-state index contributed by atoms with van der Waals surface area (Å²) in [6.07, 6.45) is 0. The number of nitrogens with one attached hydrogen (secondary N) is 1. The zero-order chi connectivity index (χ0) is 14.0. The fourth-order valence-corrected chi connectivity index (χ4v) is 1.40. The first-order chi connectivity index (χ1) is 8.99. The summed E-state index contributed by atoms with van der Waals surface area (Å²) in [4.78, 5) is 14.4. The van der Waals surface area contributed by atoms with Gasteiger partial charge in [-0.1, -0.05) is 6.07 Å².